The Balaban J connectivity index is 1.59. The summed E-state index contributed by atoms with van der Waals surface area (Å²) in [5.74, 6) is 2.96. The van der Waals surface area contributed by atoms with Crippen LogP contribution in [0.4, 0.5) is 10.5 Å². The second-order valence-electron chi connectivity index (χ2n) is 5.40. The van der Waals surface area contributed by atoms with Gasteiger partial charge in [0.2, 0.25) is 0 Å². The number of hydrogen-bond donors (Lipinski definition) is 3. The van der Waals surface area contributed by atoms with E-state index in [2.05, 4.69) is 26.8 Å². The van der Waals surface area contributed by atoms with Crippen molar-refractivity contribution in [3.63, 3.8) is 0 Å². The van der Waals surface area contributed by atoms with Gasteiger partial charge < -0.3 is 15.4 Å². The van der Waals surface area contributed by atoms with Crippen LogP contribution in [0.1, 0.15) is 17.7 Å². The second kappa shape index (κ2) is 6.88. The molecule has 0 saturated heterocycles. The number of terminal acetylenes is 1. The molecule has 1 unspecified atom stereocenters. The molecule has 1 aliphatic carbocycles. The first-order chi connectivity index (χ1) is 11.3. The Bertz CT molecular complexity index is 732. The summed E-state index contributed by atoms with van der Waals surface area (Å²) in [4.78, 5) is 12.2. The van der Waals surface area contributed by atoms with Crippen molar-refractivity contribution in [3.8, 4) is 18.1 Å². The summed E-state index contributed by atoms with van der Waals surface area (Å²) < 4.78 is 5.42. The van der Waals surface area contributed by atoms with Crippen LogP contribution in [0.3, 0.4) is 0 Å². The summed E-state index contributed by atoms with van der Waals surface area (Å²) in [6.07, 6.45) is 9.63. The Hall–Kier alpha value is -2.94. The van der Waals surface area contributed by atoms with E-state index >= 15 is 0 Å². The van der Waals surface area contributed by atoms with Crippen LogP contribution in [0.5, 0.6) is 5.75 Å². The van der Waals surface area contributed by atoms with Crippen molar-refractivity contribution in [2.24, 2.45) is 0 Å². The van der Waals surface area contributed by atoms with E-state index in [1.165, 1.54) is 5.56 Å². The van der Waals surface area contributed by atoms with Gasteiger partial charge in [0.15, 0.2) is 0 Å². The lowest BCUT2D eigenvalue weighted by Crippen LogP contribution is -2.41. The Morgan fingerprint density at radius 1 is 1.48 bits per heavy atom. The molecule has 6 nitrogen and oxygen atoms in total. The van der Waals surface area contributed by atoms with Crippen LogP contribution in [0.2, 0.25) is 0 Å². The molecular formula is C17H18N4O2. The van der Waals surface area contributed by atoms with Crippen molar-refractivity contribution >= 4 is 11.7 Å². The molecule has 1 atom stereocenters. The van der Waals surface area contributed by atoms with Crippen LogP contribution in [0.15, 0.2) is 30.5 Å². The predicted molar refractivity (Wildman–Crippen MR) is 87.3 cm³/mol. The van der Waals surface area contributed by atoms with Crippen molar-refractivity contribution in [1.82, 2.24) is 15.5 Å². The van der Waals surface area contributed by atoms with Gasteiger partial charge in [0.1, 0.15) is 12.4 Å². The monoisotopic (exact) mass is 310 g/mol. The van der Waals surface area contributed by atoms with Crippen molar-refractivity contribution in [2.75, 3.05) is 11.9 Å². The Morgan fingerprint density at radius 3 is 3.22 bits per heavy atom. The van der Waals surface area contributed by atoms with Crippen LogP contribution >= 0.6 is 0 Å². The zero-order chi connectivity index (χ0) is 16.1. The first kappa shape index (κ1) is 15.0. The summed E-state index contributed by atoms with van der Waals surface area (Å²) in [7, 11) is 0. The summed E-state index contributed by atoms with van der Waals surface area (Å²) in [5.41, 5.74) is 2.93. The van der Waals surface area contributed by atoms with E-state index in [-0.39, 0.29) is 18.7 Å². The fraction of sp³-hybridized carbons (Fsp3) is 0.294. The highest BCUT2D eigenvalue weighted by Crippen LogP contribution is 2.24. The molecule has 0 spiro atoms. The Labute approximate surface area is 134 Å². The third kappa shape index (κ3) is 3.64. The van der Waals surface area contributed by atoms with Crippen molar-refractivity contribution in [2.45, 2.75) is 25.3 Å². The molecule has 2 amide bonds. The van der Waals surface area contributed by atoms with Gasteiger partial charge in [-0.3, -0.25) is 5.10 Å². The van der Waals surface area contributed by atoms with E-state index in [0.717, 1.165) is 25.0 Å². The van der Waals surface area contributed by atoms with Gasteiger partial charge in [0.05, 0.1) is 11.9 Å². The SMILES string of the molecule is C#CCOc1ccccc1NC(=O)NC1CCc2cn[nH]c2C1. The third-order valence-electron chi connectivity index (χ3n) is 3.80. The topological polar surface area (TPSA) is 79.0 Å². The zero-order valence-electron chi connectivity index (χ0n) is 12.6. The van der Waals surface area contributed by atoms with Gasteiger partial charge in [-0.15, -0.1) is 6.42 Å². The first-order valence-electron chi connectivity index (χ1n) is 7.50. The molecule has 1 aromatic carbocycles. The van der Waals surface area contributed by atoms with Crippen LogP contribution < -0.4 is 15.4 Å². The number of benzene rings is 1. The maximum atomic E-state index is 12.2. The van der Waals surface area contributed by atoms with Gasteiger partial charge in [0, 0.05) is 18.2 Å². The fourth-order valence-corrected chi connectivity index (χ4v) is 2.69. The number of aromatic nitrogens is 2. The molecule has 118 valence electrons. The maximum Gasteiger partial charge on any atom is 0.319 e. The number of carbonyl (C=O) groups is 1. The number of nitrogens with one attached hydrogen (secondary N) is 3. The molecule has 0 radical (unpaired) electrons. The van der Waals surface area contributed by atoms with Gasteiger partial charge in [-0.25, -0.2) is 4.79 Å². The number of H-pyrrole nitrogens is 1. The lowest BCUT2D eigenvalue weighted by Gasteiger charge is -2.23. The largest absolute Gasteiger partial charge is 0.479 e. The number of rotatable bonds is 4. The van der Waals surface area contributed by atoms with Gasteiger partial charge in [0.25, 0.3) is 0 Å². The minimum Gasteiger partial charge on any atom is -0.479 e. The van der Waals surface area contributed by atoms with E-state index in [1.807, 2.05) is 18.3 Å². The van der Waals surface area contributed by atoms with E-state index < -0.39 is 0 Å². The van der Waals surface area contributed by atoms with Crippen molar-refractivity contribution in [3.05, 3.63) is 41.7 Å². The van der Waals surface area contributed by atoms with Gasteiger partial charge in [-0.2, -0.15) is 5.10 Å². The molecule has 23 heavy (non-hydrogen) atoms. The molecular weight excluding hydrogens is 292 g/mol. The van der Waals surface area contributed by atoms with Crippen molar-refractivity contribution < 1.29 is 9.53 Å². The number of amides is 2. The van der Waals surface area contributed by atoms with E-state index in [9.17, 15) is 4.79 Å². The molecule has 1 aliphatic rings. The average molecular weight is 310 g/mol. The van der Waals surface area contributed by atoms with Crippen LogP contribution in [-0.4, -0.2) is 28.9 Å². The third-order valence-corrected chi connectivity index (χ3v) is 3.80. The van der Waals surface area contributed by atoms with Crippen molar-refractivity contribution in [1.29, 1.82) is 0 Å². The minimum atomic E-state index is -0.255. The molecule has 0 aliphatic heterocycles. The van der Waals surface area contributed by atoms with E-state index in [4.69, 9.17) is 11.2 Å². The average Bonchev–Trinajstić information content (AvgIpc) is 3.01. The van der Waals surface area contributed by atoms with E-state index in [0.29, 0.717) is 11.4 Å². The molecule has 0 fully saturated rings. The molecule has 1 aromatic heterocycles. The van der Waals surface area contributed by atoms with Gasteiger partial charge in [-0.05, 0) is 30.5 Å². The molecule has 2 aromatic rings. The van der Waals surface area contributed by atoms with Crippen LogP contribution in [0, 0.1) is 12.3 Å². The highest BCUT2D eigenvalue weighted by Gasteiger charge is 2.21. The number of fused-ring (bicyclic) bond motifs is 1. The fourth-order valence-electron chi connectivity index (χ4n) is 2.69. The number of anilines is 1. The standard InChI is InChI=1S/C17H18N4O2/c1-2-9-23-16-6-4-3-5-14(16)20-17(22)19-13-8-7-12-11-18-21-15(12)10-13/h1,3-6,11,13H,7-10H2,(H,18,21)(H2,19,20,22). The molecule has 1 heterocycles. The molecule has 0 saturated carbocycles. The number of nitrogens with zero attached hydrogens (tertiary/aromatic N) is 1. The minimum absolute atomic E-state index is 0.0849. The smallest absolute Gasteiger partial charge is 0.319 e. The summed E-state index contributed by atoms with van der Waals surface area (Å²) >= 11 is 0. The molecule has 3 rings (SSSR count). The number of para-hydroxylation sites is 2. The molecule has 6 heteroatoms. The normalized spacial score (nSPS) is 16.0. The molecule has 0 bridgehead atoms. The van der Waals surface area contributed by atoms with Crippen LogP contribution in [0.25, 0.3) is 0 Å². The van der Waals surface area contributed by atoms with Crippen LogP contribution in [-0.2, 0) is 12.8 Å². The van der Waals surface area contributed by atoms with Gasteiger partial charge in [-0.1, -0.05) is 18.1 Å². The van der Waals surface area contributed by atoms with E-state index in [1.54, 1.807) is 12.1 Å². The zero-order valence-corrected chi connectivity index (χ0v) is 12.6. The lowest BCUT2D eigenvalue weighted by atomic mass is 9.94. The summed E-state index contributed by atoms with van der Waals surface area (Å²) in [6, 6.07) is 7.03. The Kier molecular flexibility index (Phi) is 4.48. The Morgan fingerprint density at radius 2 is 2.35 bits per heavy atom. The summed E-state index contributed by atoms with van der Waals surface area (Å²) in [5, 5.41) is 12.8. The number of carbonyl (C=O) groups excluding carboxylic acids is 1. The highest BCUT2D eigenvalue weighted by atomic mass is 16.5. The maximum absolute atomic E-state index is 12.2. The quantitative estimate of drug-likeness (QED) is 0.757. The second-order valence-corrected chi connectivity index (χ2v) is 5.40. The number of hydrogen-bond acceptors (Lipinski definition) is 3. The summed E-state index contributed by atoms with van der Waals surface area (Å²) in [6.45, 7) is 0.158. The number of urea groups is 1. The number of ether oxygens (including phenoxy) is 1. The predicted octanol–water partition coefficient (Wildman–Crippen LogP) is 2.10. The number of aryl methyl sites for hydroxylation is 1. The van der Waals surface area contributed by atoms with Gasteiger partial charge >= 0.3 is 6.03 Å². The lowest BCUT2D eigenvalue weighted by molar-refractivity contribution is 0.247. The molecule has 3 N–H and O–H groups in total. The first-order valence-corrected chi connectivity index (χ1v) is 7.50. The highest BCUT2D eigenvalue weighted by molar-refractivity contribution is 5.91. The number of aromatic amines is 1.